The van der Waals surface area contributed by atoms with E-state index in [0.717, 1.165) is 19.3 Å². The van der Waals surface area contributed by atoms with Crippen LogP contribution in [0.15, 0.2) is 0 Å². The van der Waals surface area contributed by atoms with Gasteiger partial charge in [0.15, 0.2) is 0 Å². The molecule has 13 nitrogen and oxygen atoms in total. The van der Waals surface area contributed by atoms with Crippen LogP contribution in [0.4, 0.5) is 4.79 Å². The minimum atomic E-state index is -3.36. The molecule has 1 aliphatic carbocycles. The van der Waals surface area contributed by atoms with Crippen LogP contribution < -0.4 is 21.7 Å². The SMILES string of the molecule is CC(C)[C@@H](CN1CCCS1(=O)=O)NC(=O)N[C@H](C(=O)N1CC[C@H](C(C)(C)C)[C@H]1C(=O)NC(CC1CCC1)C(=O)C(N)=O)C(C)(C)C. The van der Waals surface area contributed by atoms with E-state index in [-0.39, 0.29) is 42.0 Å². The van der Waals surface area contributed by atoms with Crippen LogP contribution in [-0.2, 0) is 29.2 Å². The van der Waals surface area contributed by atoms with E-state index >= 15 is 0 Å². The fourth-order valence-corrected chi connectivity index (χ4v) is 8.23. The molecule has 0 spiro atoms. The lowest BCUT2D eigenvalue weighted by Gasteiger charge is -2.39. The van der Waals surface area contributed by atoms with Gasteiger partial charge in [0.1, 0.15) is 12.1 Å². The standard InChI is InChI=1S/C32H56N6O7S/c1-19(2)23(18-37-14-10-16-46(37,44)45)35-30(43)36-26(32(6,7)8)29(42)38-15-13-21(31(3,4)5)24(38)28(41)34-22(25(39)27(33)40)17-20-11-9-12-20/h19-24,26H,9-18H2,1-8H3,(H2,33,40)(H,34,41)(H2,35,36,43)/t21-,22?,23+,24-,26+/m0/s1. The summed E-state index contributed by atoms with van der Waals surface area (Å²) in [6.07, 6.45) is 4.23. The van der Waals surface area contributed by atoms with Crippen molar-refractivity contribution >= 4 is 39.6 Å². The van der Waals surface area contributed by atoms with Crippen molar-refractivity contribution in [2.24, 2.45) is 34.3 Å². The largest absolute Gasteiger partial charge is 0.363 e. The second-order valence-electron chi connectivity index (χ2n) is 15.9. The van der Waals surface area contributed by atoms with Crippen molar-refractivity contribution in [2.75, 3.05) is 25.4 Å². The van der Waals surface area contributed by atoms with Gasteiger partial charge < -0.3 is 26.6 Å². The number of nitrogens with two attached hydrogens (primary N) is 1. The summed E-state index contributed by atoms with van der Waals surface area (Å²) in [7, 11) is -3.36. The summed E-state index contributed by atoms with van der Waals surface area (Å²) in [5.74, 6) is -2.96. The summed E-state index contributed by atoms with van der Waals surface area (Å²) < 4.78 is 26.2. The molecule has 5 atom stereocenters. The molecule has 3 fully saturated rings. The average Bonchev–Trinajstić information content (AvgIpc) is 3.49. The van der Waals surface area contributed by atoms with E-state index < -0.39 is 69.1 Å². The number of likely N-dealkylation sites (tertiary alicyclic amines) is 1. The highest BCUT2D eigenvalue weighted by atomic mass is 32.2. The van der Waals surface area contributed by atoms with Crippen LogP contribution in [0.2, 0.25) is 0 Å². The second kappa shape index (κ2) is 14.6. The van der Waals surface area contributed by atoms with Crippen molar-refractivity contribution in [3.8, 4) is 0 Å². The number of sulfonamides is 1. The molecule has 3 rings (SSSR count). The Labute approximate surface area is 274 Å². The van der Waals surface area contributed by atoms with Crippen molar-refractivity contribution in [1.82, 2.24) is 25.2 Å². The van der Waals surface area contributed by atoms with Crippen molar-refractivity contribution in [3.05, 3.63) is 0 Å². The highest BCUT2D eigenvalue weighted by molar-refractivity contribution is 7.89. The smallest absolute Gasteiger partial charge is 0.315 e. The normalized spacial score (nSPS) is 24.2. The molecular weight excluding hydrogens is 612 g/mol. The molecule has 1 saturated carbocycles. The van der Waals surface area contributed by atoms with Crippen molar-refractivity contribution in [2.45, 2.75) is 118 Å². The Bertz CT molecular complexity index is 1270. The maximum Gasteiger partial charge on any atom is 0.315 e. The lowest BCUT2D eigenvalue weighted by Crippen LogP contribution is -2.62. The maximum atomic E-state index is 14.3. The molecule has 1 unspecified atom stereocenters. The quantitative estimate of drug-likeness (QED) is 0.228. The zero-order valence-corrected chi connectivity index (χ0v) is 29.7. The molecule has 46 heavy (non-hydrogen) atoms. The van der Waals surface area contributed by atoms with Crippen LogP contribution in [0.1, 0.15) is 93.9 Å². The van der Waals surface area contributed by atoms with Gasteiger partial charge in [-0.3, -0.25) is 19.2 Å². The zero-order chi connectivity index (χ0) is 34.8. The van der Waals surface area contributed by atoms with Gasteiger partial charge in [0.2, 0.25) is 27.6 Å². The molecule has 2 saturated heterocycles. The Balaban J connectivity index is 1.83. The molecule has 5 amide bonds. The Morgan fingerprint density at radius 1 is 0.891 bits per heavy atom. The van der Waals surface area contributed by atoms with Gasteiger partial charge in [-0.25, -0.2) is 13.2 Å². The molecular formula is C32H56N6O7S. The molecule has 5 N–H and O–H groups in total. The van der Waals surface area contributed by atoms with Crippen molar-refractivity contribution in [1.29, 1.82) is 0 Å². The molecule has 0 bridgehead atoms. The topological polar surface area (TPSA) is 188 Å². The van der Waals surface area contributed by atoms with E-state index in [1.807, 2.05) is 55.4 Å². The highest BCUT2D eigenvalue weighted by Gasteiger charge is 2.50. The number of amides is 5. The first-order valence-corrected chi connectivity index (χ1v) is 18.2. The lowest BCUT2D eigenvalue weighted by molar-refractivity contribution is -0.145. The maximum absolute atomic E-state index is 14.3. The molecule has 0 radical (unpaired) electrons. The van der Waals surface area contributed by atoms with Crippen molar-refractivity contribution in [3.63, 3.8) is 0 Å². The molecule has 0 aromatic rings. The number of urea groups is 1. The van der Waals surface area contributed by atoms with Gasteiger partial charge in [-0.05, 0) is 47.8 Å². The molecule has 0 aromatic heterocycles. The molecule has 262 valence electrons. The van der Waals surface area contributed by atoms with Gasteiger partial charge in [-0.2, -0.15) is 4.31 Å². The second-order valence-corrected chi connectivity index (χ2v) is 17.9. The summed E-state index contributed by atoms with van der Waals surface area (Å²) in [6, 6.07) is -4.13. The summed E-state index contributed by atoms with van der Waals surface area (Å²) in [5.41, 5.74) is 4.20. The number of rotatable bonds is 12. The van der Waals surface area contributed by atoms with E-state index in [0.29, 0.717) is 25.8 Å². The monoisotopic (exact) mass is 668 g/mol. The third-order valence-corrected chi connectivity index (χ3v) is 11.8. The first kappa shape index (κ1) is 37.7. The number of ketones is 1. The van der Waals surface area contributed by atoms with Gasteiger partial charge >= 0.3 is 6.03 Å². The van der Waals surface area contributed by atoms with E-state index in [1.54, 1.807) is 0 Å². The fourth-order valence-electron chi connectivity index (χ4n) is 6.69. The number of carbonyl (C=O) groups excluding carboxylic acids is 5. The Kier molecular flexibility index (Phi) is 11.9. The number of primary amides is 1. The van der Waals surface area contributed by atoms with Gasteiger partial charge in [0, 0.05) is 25.7 Å². The third kappa shape index (κ3) is 9.20. The summed E-state index contributed by atoms with van der Waals surface area (Å²) in [4.78, 5) is 67.8. The summed E-state index contributed by atoms with van der Waals surface area (Å²) in [5, 5.41) is 8.51. The van der Waals surface area contributed by atoms with E-state index in [9.17, 15) is 32.4 Å². The predicted molar refractivity (Wildman–Crippen MR) is 175 cm³/mol. The van der Waals surface area contributed by atoms with Gasteiger partial charge in [-0.15, -0.1) is 0 Å². The van der Waals surface area contributed by atoms with Crippen LogP contribution in [0.3, 0.4) is 0 Å². The number of nitrogens with one attached hydrogen (secondary N) is 3. The van der Waals surface area contributed by atoms with Crippen molar-refractivity contribution < 1.29 is 32.4 Å². The molecule has 14 heteroatoms. The van der Waals surface area contributed by atoms with Gasteiger partial charge in [0.25, 0.3) is 5.91 Å². The number of hydrogen-bond acceptors (Lipinski definition) is 7. The summed E-state index contributed by atoms with van der Waals surface area (Å²) >= 11 is 0. The average molecular weight is 669 g/mol. The molecule has 2 aliphatic heterocycles. The molecule has 3 aliphatic rings. The first-order chi connectivity index (χ1) is 21.1. The molecule has 0 aromatic carbocycles. The minimum Gasteiger partial charge on any atom is -0.363 e. The number of nitrogens with zero attached hydrogens (tertiary/aromatic N) is 2. The zero-order valence-electron chi connectivity index (χ0n) is 28.9. The van der Waals surface area contributed by atoms with Crippen LogP contribution in [0.5, 0.6) is 0 Å². The highest BCUT2D eigenvalue weighted by Crippen LogP contribution is 2.40. The lowest BCUT2D eigenvalue weighted by atomic mass is 9.75. The van der Waals surface area contributed by atoms with E-state index in [1.165, 1.54) is 9.21 Å². The number of Topliss-reactive ketones (excluding diaryl/α,β-unsaturated/α-hetero) is 1. The summed E-state index contributed by atoms with van der Waals surface area (Å²) in [6.45, 7) is 16.0. The predicted octanol–water partition coefficient (Wildman–Crippen LogP) is 1.75. The van der Waals surface area contributed by atoms with Gasteiger partial charge in [-0.1, -0.05) is 74.7 Å². The fraction of sp³-hybridized carbons (Fsp3) is 0.844. The first-order valence-electron chi connectivity index (χ1n) is 16.6. The number of carbonyl (C=O) groups is 5. The Morgan fingerprint density at radius 3 is 1.98 bits per heavy atom. The minimum absolute atomic E-state index is 0.0828. The number of hydrogen-bond donors (Lipinski definition) is 4. The van der Waals surface area contributed by atoms with E-state index in [4.69, 9.17) is 5.73 Å². The van der Waals surface area contributed by atoms with Gasteiger partial charge in [0.05, 0.1) is 11.8 Å². The van der Waals surface area contributed by atoms with E-state index in [2.05, 4.69) is 16.0 Å². The van der Waals surface area contributed by atoms with Crippen LogP contribution in [0, 0.1) is 28.6 Å². The van der Waals surface area contributed by atoms with Crippen LogP contribution in [-0.4, -0.2) is 96.7 Å². The molecule has 2 heterocycles. The Morgan fingerprint density at radius 2 is 1.52 bits per heavy atom. The van der Waals surface area contributed by atoms with Crippen LogP contribution in [0.25, 0.3) is 0 Å². The Hall–Kier alpha value is -2.74. The third-order valence-electron chi connectivity index (χ3n) is 9.84. The van der Waals surface area contributed by atoms with Crippen LogP contribution >= 0.6 is 0 Å².